The van der Waals surface area contributed by atoms with E-state index in [9.17, 15) is 19.5 Å². The predicted molar refractivity (Wildman–Crippen MR) is 131 cm³/mol. The van der Waals surface area contributed by atoms with Gasteiger partial charge >= 0.3 is 12.1 Å². The molecule has 0 aliphatic heterocycles. The fourth-order valence-corrected chi connectivity index (χ4v) is 4.70. The van der Waals surface area contributed by atoms with Crippen LogP contribution in [0.5, 0.6) is 0 Å². The van der Waals surface area contributed by atoms with Gasteiger partial charge in [0.1, 0.15) is 12.1 Å². The van der Waals surface area contributed by atoms with Gasteiger partial charge in [-0.1, -0.05) is 61.9 Å². The lowest BCUT2D eigenvalue weighted by Gasteiger charge is -2.35. The minimum absolute atomic E-state index is 0.0165. The molecule has 0 radical (unpaired) electrons. The number of hydrogen-bond donors (Lipinski definition) is 2. The number of fused-ring (bicyclic) bond motifs is 3. The lowest BCUT2D eigenvalue weighted by Crippen LogP contribution is -2.54. The van der Waals surface area contributed by atoms with E-state index >= 15 is 0 Å². The van der Waals surface area contributed by atoms with Crippen molar-refractivity contribution < 1.29 is 24.2 Å². The number of likely N-dealkylation sites (N-methyl/N-ethyl adjacent to an activating group) is 1. The van der Waals surface area contributed by atoms with Crippen LogP contribution in [-0.2, 0) is 14.3 Å². The molecule has 2 amide bonds. The second-order valence-corrected chi connectivity index (χ2v) is 9.16. The number of nitrogens with zero attached hydrogens (tertiary/aromatic N) is 1. The van der Waals surface area contributed by atoms with Gasteiger partial charge in [0.05, 0.1) is 0 Å². The first-order chi connectivity index (χ1) is 16.2. The third-order valence-electron chi connectivity index (χ3n) is 6.54. The van der Waals surface area contributed by atoms with E-state index < -0.39 is 23.6 Å². The largest absolute Gasteiger partial charge is 0.480 e. The molecule has 1 aliphatic carbocycles. The van der Waals surface area contributed by atoms with Crippen LogP contribution in [0.15, 0.2) is 48.5 Å². The number of carboxylic acid groups (broad SMARTS) is 1. The van der Waals surface area contributed by atoms with Gasteiger partial charge < -0.3 is 20.1 Å². The number of ether oxygens (including phenoxy) is 1. The minimum atomic E-state index is -1.33. The Hall–Kier alpha value is -3.35. The molecular formula is C27H34N2O5. The molecule has 7 heteroatoms. The number of alkyl carbamates (subject to hydrolysis) is 1. The molecule has 0 saturated heterocycles. The Morgan fingerprint density at radius 1 is 1.03 bits per heavy atom. The van der Waals surface area contributed by atoms with E-state index in [1.807, 2.05) is 31.2 Å². The first kappa shape index (κ1) is 25.3. The molecule has 0 spiro atoms. The van der Waals surface area contributed by atoms with Crippen molar-refractivity contribution in [3.05, 3.63) is 59.7 Å². The molecule has 182 valence electrons. The third kappa shape index (κ3) is 5.24. The Balaban J connectivity index is 1.65. The Labute approximate surface area is 201 Å². The van der Waals surface area contributed by atoms with E-state index in [1.165, 1.54) is 18.7 Å². The van der Waals surface area contributed by atoms with E-state index in [2.05, 4.69) is 29.6 Å². The quantitative estimate of drug-likeness (QED) is 0.525. The predicted octanol–water partition coefficient (Wildman–Crippen LogP) is 4.80. The molecular weight excluding hydrogens is 432 g/mol. The summed E-state index contributed by atoms with van der Waals surface area (Å²) in [4.78, 5) is 38.5. The number of carbonyl (C=O) groups excluding carboxylic acids is 2. The number of hydrogen-bond acceptors (Lipinski definition) is 4. The zero-order chi connectivity index (χ0) is 24.9. The number of rotatable bonds is 10. The van der Waals surface area contributed by atoms with Crippen LogP contribution in [-0.4, -0.2) is 52.7 Å². The van der Waals surface area contributed by atoms with Gasteiger partial charge in [-0.25, -0.2) is 9.59 Å². The molecule has 2 aromatic rings. The molecule has 1 atom stereocenters. The van der Waals surface area contributed by atoms with E-state index in [0.29, 0.717) is 6.42 Å². The fourth-order valence-electron chi connectivity index (χ4n) is 4.70. The molecule has 0 heterocycles. The Morgan fingerprint density at radius 2 is 1.59 bits per heavy atom. The summed E-state index contributed by atoms with van der Waals surface area (Å²) in [5, 5.41) is 12.3. The number of aliphatic carboxylic acids is 1. The summed E-state index contributed by atoms with van der Waals surface area (Å²) in [5.74, 6) is -1.43. The molecule has 2 aromatic carbocycles. The van der Waals surface area contributed by atoms with Crippen molar-refractivity contribution in [2.45, 2.75) is 64.5 Å². The maximum Gasteiger partial charge on any atom is 0.407 e. The molecule has 3 rings (SSSR count). The van der Waals surface area contributed by atoms with Gasteiger partial charge in [-0.05, 0) is 49.4 Å². The second kappa shape index (κ2) is 10.7. The van der Waals surface area contributed by atoms with Crippen LogP contribution in [0, 0.1) is 0 Å². The first-order valence-electron chi connectivity index (χ1n) is 11.9. The molecule has 0 aromatic heterocycles. The summed E-state index contributed by atoms with van der Waals surface area (Å²) >= 11 is 0. The molecule has 0 bridgehead atoms. The summed E-state index contributed by atoms with van der Waals surface area (Å²) in [5.41, 5.74) is 3.24. The van der Waals surface area contributed by atoms with Crippen LogP contribution in [0.1, 0.15) is 64.0 Å². The van der Waals surface area contributed by atoms with Crippen molar-refractivity contribution >= 4 is 18.0 Å². The van der Waals surface area contributed by atoms with Gasteiger partial charge in [0.25, 0.3) is 0 Å². The Morgan fingerprint density at radius 3 is 2.09 bits per heavy atom. The monoisotopic (exact) mass is 466 g/mol. The van der Waals surface area contributed by atoms with Crippen LogP contribution in [0.2, 0.25) is 0 Å². The van der Waals surface area contributed by atoms with Gasteiger partial charge in [-0.2, -0.15) is 0 Å². The lowest BCUT2D eigenvalue weighted by molar-refractivity contribution is -0.156. The van der Waals surface area contributed by atoms with Crippen molar-refractivity contribution in [2.24, 2.45) is 0 Å². The summed E-state index contributed by atoms with van der Waals surface area (Å²) in [7, 11) is 0. The maximum atomic E-state index is 12.9. The average Bonchev–Trinajstić information content (AvgIpc) is 3.12. The topological polar surface area (TPSA) is 95.9 Å². The Bertz CT molecular complexity index is 1000. The molecule has 1 aliphatic rings. The summed E-state index contributed by atoms with van der Waals surface area (Å²) in [6, 6.07) is 15.8. The second-order valence-electron chi connectivity index (χ2n) is 9.16. The average molecular weight is 467 g/mol. The van der Waals surface area contributed by atoms with Gasteiger partial charge in [0.2, 0.25) is 5.91 Å². The lowest BCUT2D eigenvalue weighted by atomic mass is 9.98. The Kier molecular flexibility index (Phi) is 7.97. The standard InChI is InChI=1S/C27H34N2O5/c1-5-11-18(16-24(30)29(6-2)27(3,4)25(31)32)28-26(33)34-17-23-21-14-9-7-12-19(21)20-13-8-10-15-22(20)23/h7-10,12-15,18,23H,5-6,11,16-17H2,1-4H3,(H,28,33)(H,31,32)/t18-/m0/s1. The van der Waals surface area contributed by atoms with E-state index in [1.54, 1.807) is 6.92 Å². The SMILES string of the molecule is CCC[C@@H](CC(=O)N(CC)C(C)(C)C(=O)O)NC(=O)OCC1c2ccccc2-c2ccccc21. The van der Waals surface area contributed by atoms with Crippen molar-refractivity contribution in [2.75, 3.05) is 13.2 Å². The highest BCUT2D eigenvalue weighted by molar-refractivity contribution is 5.87. The van der Waals surface area contributed by atoms with E-state index in [0.717, 1.165) is 28.7 Å². The summed E-state index contributed by atoms with van der Waals surface area (Å²) in [6.45, 7) is 7.18. The van der Waals surface area contributed by atoms with Gasteiger partial charge in [0.15, 0.2) is 0 Å². The minimum Gasteiger partial charge on any atom is -0.480 e. The zero-order valence-electron chi connectivity index (χ0n) is 20.3. The number of carboxylic acids is 1. The summed E-state index contributed by atoms with van der Waals surface area (Å²) in [6.07, 6.45) is 0.785. The normalized spacial score (nSPS) is 13.5. The van der Waals surface area contributed by atoms with Crippen molar-refractivity contribution in [1.29, 1.82) is 0 Å². The van der Waals surface area contributed by atoms with E-state index in [4.69, 9.17) is 4.74 Å². The molecule has 0 unspecified atom stereocenters. The number of benzene rings is 2. The molecule has 0 saturated carbocycles. The molecule has 7 nitrogen and oxygen atoms in total. The van der Waals surface area contributed by atoms with Crippen LogP contribution < -0.4 is 5.32 Å². The van der Waals surface area contributed by atoms with Gasteiger partial charge in [-0.15, -0.1) is 0 Å². The highest BCUT2D eigenvalue weighted by Gasteiger charge is 2.37. The maximum absolute atomic E-state index is 12.9. The van der Waals surface area contributed by atoms with Crippen molar-refractivity contribution in [1.82, 2.24) is 10.2 Å². The van der Waals surface area contributed by atoms with Crippen LogP contribution in [0.3, 0.4) is 0 Å². The molecule has 34 heavy (non-hydrogen) atoms. The summed E-state index contributed by atoms with van der Waals surface area (Å²) < 4.78 is 5.62. The first-order valence-corrected chi connectivity index (χ1v) is 11.9. The smallest absolute Gasteiger partial charge is 0.407 e. The van der Waals surface area contributed by atoms with E-state index in [-0.39, 0.29) is 31.4 Å². The number of nitrogens with one attached hydrogen (secondary N) is 1. The van der Waals surface area contributed by atoms with Crippen molar-refractivity contribution in [3.8, 4) is 11.1 Å². The van der Waals surface area contributed by atoms with Crippen LogP contribution in [0.25, 0.3) is 11.1 Å². The zero-order valence-corrected chi connectivity index (χ0v) is 20.3. The highest BCUT2D eigenvalue weighted by Crippen LogP contribution is 2.44. The van der Waals surface area contributed by atoms with Crippen LogP contribution >= 0.6 is 0 Å². The molecule has 2 N–H and O–H groups in total. The highest BCUT2D eigenvalue weighted by atomic mass is 16.5. The van der Waals surface area contributed by atoms with Gasteiger partial charge in [0, 0.05) is 24.9 Å². The van der Waals surface area contributed by atoms with Crippen molar-refractivity contribution in [3.63, 3.8) is 0 Å². The van der Waals surface area contributed by atoms with Gasteiger partial charge in [-0.3, -0.25) is 4.79 Å². The third-order valence-corrected chi connectivity index (χ3v) is 6.54. The fraction of sp³-hybridized carbons (Fsp3) is 0.444. The molecule has 0 fully saturated rings. The number of amides is 2. The number of carbonyl (C=O) groups is 3. The van der Waals surface area contributed by atoms with Crippen LogP contribution in [0.4, 0.5) is 4.79 Å².